The van der Waals surface area contributed by atoms with E-state index in [0.29, 0.717) is 31.9 Å². The zero-order valence-electron chi connectivity index (χ0n) is 12.7. The highest BCUT2D eigenvalue weighted by Gasteiger charge is 2.05. The molecule has 0 fully saturated rings. The van der Waals surface area contributed by atoms with Gasteiger partial charge < -0.3 is 0 Å². The minimum Gasteiger partial charge on any atom is -0.246 e. The van der Waals surface area contributed by atoms with Crippen molar-refractivity contribution in [3.05, 3.63) is 68.7 Å². The third kappa shape index (κ3) is 5.37. The molecule has 1 heterocycles. The van der Waals surface area contributed by atoms with E-state index >= 15 is 0 Å². The Kier molecular flexibility index (Phi) is 6.20. The van der Waals surface area contributed by atoms with Gasteiger partial charge in [0.2, 0.25) is 11.1 Å². The van der Waals surface area contributed by atoms with Crippen LogP contribution in [-0.4, -0.2) is 21.4 Å². The predicted octanol–water partition coefficient (Wildman–Crippen LogP) is 5.50. The maximum atomic E-state index is 6.00. The maximum Gasteiger partial charge on any atom is 0.240 e. The lowest BCUT2D eigenvalue weighted by Crippen LogP contribution is -1.92. The number of halogens is 3. The lowest BCUT2D eigenvalue weighted by molar-refractivity contribution is 0.972. The molecule has 0 spiro atoms. The molecule has 128 valence electrons. The van der Waals surface area contributed by atoms with Crippen molar-refractivity contribution in [3.63, 3.8) is 0 Å². The van der Waals surface area contributed by atoms with Gasteiger partial charge in [-0.1, -0.05) is 64.8 Å². The van der Waals surface area contributed by atoms with Gasteiger partial charge in [-0.2, -0.15) is 10.1 Å². The number of thioether (sulfide) groups is 1. The Bertz CT molecular complexity index is 880. The molecule has 2 N–H and O–H groups in total. The van der Waals surface area contributed by atoms with E-state index in [0.717, 1.165) is 11.1 Å². The van der Waals surface area contributed by atoms with Crippen molar-refractivity contribution >= 4 is 58.7 Å². The van der Waals surface area contributed by atoms with E-state index in [-0.39, 0.29) is 0 Å². The molecule has 0 saturated heterocycles. The van der Waals surface area contributed by atoms with Crippen molar-refractivity contribution in [2.24, 2.45) is 5.10 Å². The molecule has 0 unspecified atom stereocenters. The van der Waals surface area contributed by atoms with Crippen LogP contribution in [0.5, 0.6) is 0 Å². The lowest BCUT2D eigenvalue weighted by Gasteiger charge is -2.00. The van der Waals surface area contributed by atoms with Gasteiger partial charge in [-0.25, -0.2) is 10.5 Å². The third-order valence-corrected chi connectivity index (χ3v) is 4.98. The molecule has 2 aromatic carbocycles. The van der Waals surface area contributed by atoms with Gasteiger partial charge in [-0.05, 0) is 35.4 Å². The monoisotopic (exact) mass is 411 g/mol. The summed E-state index contributed by atoms with van der Waals surface area (Å²) in [6.07, 6.45) is 1.67. The molecule has 0 atom stereocenters. The summed E-state index contributed by atoms with van der Waals surface area (Å²) in [6.45, 7) is 0. The molecule has 0 amide bonds. The number of hydrazone groups is 1. The highest BCUT2D eigenvalue weighted by Crippen LogP contribution is 2.26. The topological polar surface area (TPSA) is 66.0 Å². The predicted molar refractivity (Wildman–Crippen MR) is 105 cm³/mol. The Morgan fingerprint density at radius 1 is 1.08 bits per heavy atom. The first-order valence-electron chi connectivity index (χ1n) is 7.14. The zero-order chi connectivity index (χ0) is 17.6. The van der Waals surface area contributed by atoms with Crippen molar-refractivity contribution in [1.29, 1.82) is 0 Å². The fourth-order valence-electron chi connectivity index (χ4n) is 1.86. The molecule has 25 heavy (non-hydrogen) atoms. The summed E-state index contributed by atoms with van der Waals surface area (Å²) in [4.78, 5) is 4.30. The van der Waals surface area contributed by atoms with Gasteiger partial charge in [0.25, 0.3) is 0 Å². The van der Waals surface area contributed by atoms with Gasteiger partial charge in [0.05, 0.1) is 16.3 Å². The summed E-state index contributed by atoms with van der Waals surface area (Å²) in [6, 6.07) is 12.9. The standard InChI is InChI=1S/C16H12Cl3N5S/c17-12-4-1-10(2-5-12)8-20-22-15-21-16(24-23-15)25-9-11-3-6-13(18)14(19)7-11/h1-8H,9H2,(H2,21,22,23,24)/b20-8+. The van der Waals surface area contributed by atoms with E-state index in [4.69, 9.17) is 34.8 Å². The summed E-state index contributed by atoms with van der Waals surface area (Å²) in [5, 5.41) is 13.4. The molecular weight excluding hydrogens is 401 g/mol. The van der Waals surface area contributed by atoms with Crippen LogP contribution in [0.3, 0.4) is 0 Å². The van der Waals surface area contributed by atoms with Crippen molar-refractivity contribution < 1.29 is 0 Å². The number of H-pyrrole nitrogens is 1. The Hall–Kier alpha value is -1.73. The molecule has 0 aliphatic carbocycles. The minimum atomic E-state index is 0.460. The average molecular weight is 413 g/mol. The molecular formula is C16H12Cl3N5S. The molecule has 0 aliphatic heterocycles. The molecule has 0 bridgehead atoms. The van der Waals surface area contributed by atoms with Crippen molar-refractivity contribution in [2.45, 2.75) is 10.9 Å². The second-order valence-corrected chi connectivity index (χ2v) is 7.12. The number of hydrogen-bond donors (Lipinski definition) is 2. The number of benzene rings is 2. The number of nitrogens with one attached hydrogen (secondary N) is 2. The quantitative estimate of drug-likeness (QED) is 0.318. The highest BCUT2D eigenvalue weighted by molar-refractivity contribution is 7.98. The number of rotatable bonds is 6. The summed E-state index contributed by atoms with van der Waals surface area (Å²) in [7, 11) is 0. The highest BCUT2D eigenvalue weighted by atomic mass is 35.5. The van der Waals surface area contributed by atoms with Crippen molar-refractivity contribution in [3.8, 4) is 0 Å². The molecule has 0 aliphatic rings. The van der Waals surface area contributed by atoms with Crippen molar-refractivity contribution in [1.82, 2.24) is 15.2 Å². The second kappa shape index (κ2) is 8.58. The smallest absolute Gasteiger partial charge is 0.240 e. The summed E-state index contributed by atoms with van der Waals surface area (Å²) in [5.41, 5.74) is 4.76. The Morgan fingerprint density at radius 2 is 1.88 bits per heavy atom. The van der Waals surface area contributed by atoms with Crippen LogP contribution in [0.1, 0.15) is 11.1 Å². The molecule has 3 rings (SSSR count). The Morgan fingerprint density at radius 3 is 2.64 bits per heavy atom. The van der Waals surface area contributed by atoms with Crippen LogP contribution in [0, 0.1) is 0 Å². The number of anilines is 1. The molecule has 0 radical (unpaired) electrons. The summed E-state index contributed by atoms with van der Waals surface area (Å²) in [5.74, 6) is 1.14. The van der Waals surface area contributed by atoms with Gasteiger partial charge in [-0.3, -0.25) is 0 Å². The van der Waals surface area contributed by atoms with Crippen LogP contribution in [0.4, 0.5) is 5.95 Å². The maximum absolute atomic E-state index is 6.00. The molecule has 0 saturated carbocycles. The third-order valence-electron chi connectivity index (χ3n) is 3.07. The van der Waals surface area contributed by atoms with Crippen LogP contribution in [0.15, 0.2) is 52.7 Å². The van der Waals surface area contributed by atoms with Crippen LogP contribution in [-0.2, 0) is 5.75 Å². The van der Waals surface area contributed by atoms with Crippen LogP contribution in [0.2, 0.25) is 15.1 Å². The lowest BCUT2D eigenvalue weighted by atomic mass is 10.2. The number of aromatic nitrogens is 3. The number of hydrogen-bond acceptors (Lipinski definition) is 5. The number of nitrogens with zero attached hydrogens (tertiary/aromatic N) is 3. The number of aromatic amines is 1. The Balaban J connectivity index is 1.53. The molecule has 3 aromatic rings. The van der Waals surface area contributed by atoms with E-state index < -0.39 is 0 Å². The van der Waals surface area contributed by atoms with E-state index in [9.17, 15) is 0 Å². The Labute approximate surface area is 163 Å². The summed E-state index contributed by atoms with van der Waals surface area (Å²) < 4.78 is 0. The second-order valence-electron chi connectivity index (χ2n) is 4.93. The van der Waals surface area contributed by atoms with E-state index in [1.54, 1.807) is 24.4 Å². The fourth-order valence-corrected chi connectivity index (χ4v) is 3.04. The SMILES string of the molecule is Clc1ccc(/C=N/Nc2nc(SCc3ccc(Cl)c(Cl)c3)n[nH]2)cc1. The average Bonchev–Trinajstić information content (AvgIpc) is 3.06. The van der Waals surface area contributed by atoms with Gasteiger partial charge >= 0.3 is 0 Å². The van der Waals surface area contributed by atoms with Crippen LogP contribution in [0.25, 0.3) is 0 Å². The molecule has 5 nitrogen and oxygen atoms in total. The van der Waals surface area contributed by atoms with Gasteiger partial charge in [0.15, 0.2) is 0 Å². The van der Waals surface area contributed by atoms with Gasteiger partial charge in [0, 0.05) is 10.8 Å². The first-order valence-corrected chi connectivity index (χ1v) is 9.26. The first kappa shape index (κ1) is 18.1. The van der Waals surface area contributed by atoms with E-state index in [1.165, 1.54) is 11.8 Å². The largest absolute Gasteiger partial charge is 0.246 e. The van der Waals surface area contributed by atoms with Gasteiger partial charge in [-0.15, -0.1) is 5.10 Å². The minimum absolute atomic E-state index is 0.460. The van der Waals surface area contributed by atoms with E-state index in [2.05, 4.69) is 25.7 Å². The van der Waals surface area contributed by atoms with Crippen molar-refractivity contribution in [2.75, 3.05) is 5.43 Å². The molecule has 9 heteroatoms. The van der Waals surface area contributed by atoms with Crippen LogP contribution >= 0.6 is 46.6 Å². The fraction of sp³-hybridized carbons (Fsp3) is 0.0625. The van der Waals surface area contributed by atoms with Gasteiger partial charge in [0.1, 0.15) is 0 Å². The van der Waals surface area contributed by atoms with E-state index in [1.807, 2.05) is 24.3 Å². The normalized spacial score (nSPS) is 11.2. The first-order chi connectivity index (χ1) is 12.1. The zero-order valence-corrected chi connectivity index (χ0v) is 15.8. The van der Waals surface area contributed by atoms with Crippen LogP contribution < -0.4 is 5.43 Å². The summed E-state index contributed by atoms with van der Waals surface area (Å²) >= 11 is 19.2. The molecule has 1 aromatic heterocycles.